The fourth-order valence-corrected chi connectivity index (χ4v) is 2.47. The zero-order chi connectivity index (χ0) is 16.4. The summed E-state index contributed by atoms with van der Waals surface area (Å²) in [6.45, 7) is 0.0813. The highest BCUT2D eigenvalue weighted by atomic mass is 79.9. The Morgan fingerprint density at radius 3 is 2.48 bits per heavy atom. The van der Waals surface area contributed by atoms with Crippen molar-refractivity contribution in [3.05, 3.63) is 64.0 Å². The third-order valence-corrected chi connectivity index (χ3v) is 3.68. The third-order valence-electron chi connectivity index (χ3n) is 3.25. The zero-order valence-corrected chi connectivity index (χ0v) is 13.4. The number of nitrogens with zero attached hydrogens (tertiary/aromatic N) is 1. The predicted molar refractivity (Wildman–Crippen MR) is 84.9 cm³/mol. The molecule has 3 rings (SSSR count). The Bertz CT molecular complexity index is 810. The van der Waals surface area contributed by atoms with Crippen molar-refractivity contribution in [2.24, 2.45) is 0 Å². The van der Waals surface area contributed by atoms with Crippen molar-refractivity contribution in [1.29, 1.82) is 0 Å². The van der Waals surface area contributed by atoms with Crippen LogP contribution in [0.2, 0.25) is 0 Å². The number of furan rings is 1. The number of carbonyl (C=O) groups excluding carboxylic acids is 3. The number of carbonyl (C=O) groups is 3. The topological polar surface area (TPSA) is 79.6 Å². The van der Waals surface area contributed by atoms with Gasteiger partial charge in [0, 0.05) is 0 Å². The lowest BCUT2D eigenvalue weighted by Crippen LogP contribution is -2.53. The molecule has 1 aliphatic heterocycles. The van der Waals surface area contributed by atoms with Gasteiger partial charge in [-0.15, -0.1) is 0 Å². The molecule has 0 saturated carbocycles. The summed E-state index contributed by atoms with van der Waals surface area (Å²) in [5.74, 6) is -1.06. The Hall–Kier alpha value is -2.67. The third kappa shape index (κ3) is 3.24. The molecule has 116 valence electrons. The Labute approximate surface area is 139 Å². The smallest absolute Gasteiger partial charge is 0.331 e. The molecule has 0 spiro atoms. The molecule has 23 heavy (non-hydrogen) atoms. The number of barbiturate groups is 1. The second-order valence-corrected chi connectivity index (χ2v) is 5.62. The van der Waals surface area contributed by atoms with Gasteiger partial charge in [-0.25, -0.2) is 4.79 Å². The normalized spacial score (nSPS) is 16.8. The molecule has 2 heterocycles. The molecule has 0 atom stereocenters. The lowest BCUT2D eigenvalue weighted by Gasteiger charge is -2.26. The number of hydrogen-bond acceptors (Lipinski definition) is 4. The van der Waals surface area contributed by atoms with E-state index in [1.54, 1.807) is 24.3 Å². The van der Waals surface area contributed by atoms with E-state index in [2.05, 4.69) is 21.2 Å². The molecule has 6 nitrogen and oxygen atoms in total. The maximum atomic E-state index is 12.5. The van der Waals surface area contributed by atoms with Crippen LogP contribution in [0.1, 0.15) is 11.3 Å². The molecule has 1 N–H and O–H groups in total. The average molecular weight is 375 g/mol. The van der Waals surface area contributed by atoms with E-state index in [1.807, 2.05) is 18.2 Å². The van der Waals surface area contributed by atoms with Crippen LogP contribution in [0.25, 0.3) is 6.08 Å². The van der Waals surface area contributed by atoms with Crippen molar-refractivity contribution < 1.29 is 18.8 Å². The number of rotatable bonds is 3. The van der Waals surface area contributed by atoms with Crippen LogP contribution in [0.4, 0.5) is 4.79 Å². The minimum Gasteiger partial charge on any atom is -0.450 e. The van der Waals surface area contributed by atoms with Crippen molar-refractivity contribution in [2.45, 2.75) is 6.54 Å². The first kappa shape index (κ1) is 15.2. The molecule has 0 bridgehead atoms. The van der Waals surface area contributed by atoms with Gasteiger partial charge in [-0.2, -0.15) is 0 Å². The van der Waals surface area contributed by atoms with Gasteiger partial charge in [0.05, 0.1) is 6.54 Å². The molecule has 7 heteroatoms. The highest BCUT2D eigenvalue weighted by molar-refractivity contribution is 9.10. The number of halogens is 1. The highest BCUT2D eigenvalue weighted by Gasteiger charge is 2.35. The molecule has 1 saturated heterocycles. The lowest BCUT2D eigenvalue weighted by atomic mass is 10.1. The molecule has 0 unspecified atom stereocenters. The van der Waals surface area contributed by atoms with E-state index in [1.165, 1.54) is 6.08 Å². The van der Waals surface area contributed by atoms with Crippen LogP contribution in [0.5, 0.6) is 0 Å². The first-order chi connectivity index (χ1) is 11.0. The summed E-state index contributed by atoms with van der Waals surface area (Å²) in [7, 11) is 0. The molecule has 0 radical (unpaired) electrons. The monoisotopic (exact) mass is 374 g/mol. The van der Waals surface area contributed by atoms with Gasteiger partial charge in [0.15, 0.2) is 4.67 Å². The van der Waals surface area contributed by atoms with Gasteiger partial charge in [0.1, 0.15) is 11.3 Å². The SMILES string of the molecule is O=C1NC(=O)N(Cc2ccccc2)C(=O)/C1=C/c1ccc(Br)o1. The largest absolute Gasteiger partial charge is 0.450 e. The highest BCUT2D eigenvalue weighted by Crippen LogP contribution is 2.20. The van der Waals surface area contributed by atoms with E-state index >= 15 is 0 Å². The van der Waals surface area contributed by atoms with Gasteiger partial charge in [-0.3, -0.25) is 19.8 Å². The van der Waals surface area contributed by atoms with Gasteiger partial charge in [-0.1, -0.05) is 30.3 Å². The first-order valence-corrected chi connectivity index (χ1v) is 7.52. The maximum absolute atomic E-state index is 12.5. The van der Waals surface area contributed by atoms with Gasteiger partial charge in [0.25, 0.3) is 11.8 Å². The second-order valence-electron chi connectivity index (χ2n) is 4.84. The fraction of sp³-hybridized carbons (Fsp3) is 0.0625. The van der Waals surface area contributed by atoms with Crippen LogP contribution in [0.3, 0.4) is 0 Å². The van der Waals surface area contributed by atoms with Crippen LogP contribution in [-0.2, 0) is 16.1 Å². The summed E-state index contributed by atoms with van der Waals surface area (Å²) in [4.78, 5) is 37.3. The van der Waals surface area contributed by atoms with E-state index < -0.39 is 17.8 Å². The van der Waals surface area contributed by atoms with Crippen LogP contribution in [0.15, 0.2) is 57.1 Å². The number of urea groups is 1. The van der Waals surface area contributed by atoms with Crippen molar-refractivity contribution in [2.75, 3.05) is 0 Å². The molecule has 1 aromatic heterocycles. The lowest BCUT2D eigenvalue weighted by molar-refractivity contribution is -0.130. The average Bonchev–Trinajstić information content (AvgIpc) is 2.94. The number of imide groups is 2. The molecular weight excluding hydrogens is 364 g/mol. The minimum absolute atomic E-state index is 0.0813. The maximum Gasteiger partial charge on any atom is 0.331 e. The molecule has 2 aromatic rings. The van der Waals surface area contributed by atoms with Crippen LogP contribution >= 0.6 is 15.9 Å². The number of nitrogens with one attached hydrogen (secondary N) is 1. The summed E-state index contributed by atoms with van der Waals surface area (Å²) >= 11 is 3.15. The summed E-state index contributed by atoms with van der Waals surface area (Å²) in [5, 5.41) is 2.16. The van der Waals surface area contributed by atoms with Crippen LogP contribution in [-0.4, -0.2) is 22.7 Å². The van der Waals surface area contributed by atoms with Crippen molar-refractivity contribution in [3.63, 3.8) is 0 Å². The summed E-state index contributed by atoms with van der Waals surface area (Å²) < 4.78 is 5.74. The van der Waals surface area contributed by atoms with E-state index in [4.69, 9.17) is 4.42 Å². The summed E-state index contributed by atoms with van der Waals surface area (Å²) in [6.07, 6.45) is 1.31. The number of hydrogen-bond donors (Lipinski definition) is 1. The van der Waals surface area contributed by atoms with Crippen LogP contribution in [0, 0.1) is 0 Å². The van der Waals surface area contributed by atoms with Gasteiger partial charge >= 0.3 is 6.03 Å². The zero-order valence-electron chi connectivity index (χ0n) is 11.8. The van der Waals surface area contributed by atoms with Crippen molar-refractivity contribution in [3.8, 4) is 0 Å². The Morgan fingerprint density at radius 2 is 1.83 bits per heavy atom. The minimum atomic E-state index is -0.739. The van der Waals surface area contributed by atoms with Gasteiger partial charge < -0.3 is 4.42 Å². The number of benzene rings is 1. The second kappa shape index (κ2) is 6.21. The fourth-order valence-electron chi connectivity index (χ4n) is 2.15. The Kier molecular flexibility index (Phi) is 4.12. The molecule has 1 aliphatic rings. The molecule has 1 aromatic carbocycles. The van der Waals surface area contributed by atoms with Crippen molar-refractivity contribution in [1.82, 2.24) is 10.2 Å². The Morgan fingerprint density at radius 1 is 1.09 bits per heavy atom. The summed E-state index contributed by atoms with van der Waals surface area (Å²) in [5.41, 5.74) is 0.632. The van der Waals surface area contributed by atoms with E-state index in [0.717, 1.165) is 10.5 Å². The van der Waals surface area contributed by atoms with Gasteiger partial charge in [0.2, 0.25) is 0 Å². The summed E-state index contributed by atoms with van der Waals surface area (Å²) in [6, 6.07) is 11.6. The quantitative estimate of drug-likeness (QED) is 0.661. The van der Waals surface area contributed by atoms with Crippen molar-refractivity contribution >= 4 is 39.9 Å². The molecular formula is C16H11BrN2O4. The standard InChI is InChI=1S/C16H11BrN2O4/c17-13-7-6-11(23-13)8-12-14(20)18-16(22)19(15(12)21)9-10-4-2-1-3-5-10/h1-8H,9H2,(H,18,20,22)/b12-8+. The molecule has 0 aliphatic carbocycles. The van der Waals surface area contributed by atoms with E-state index in [-0.39, 0.29) is 12.1 Å². The predicted octanol–water partition coefficient (Wildman–Crippen LogP) is 2.70. The molecule has 4 amide bonds. The van der Waals surface area contributed by atoms with Gasteiger partial charge in [-0.05, 0) is 39.7 Å². The number of amides is 4. The first-order valence-electron chi connectivity index (χ1n) is 6.73. The Balaban J connectivity index is 1.89. The van der Waals surface area contributed by atoms with E-state index in [0.29, 0.717) is 10.4 Å². The van der Waals surface area contributed by atoms with Crippen LogP contribution < -0.4 is 5.32 Å². The molecule has 1 fully saturated rings. The van der Waals surface area contributed by atoms with E-state index in [9.17, 15) is 14.4 Å².